The first-order chi connectivity index (χ1) is 13.3. The van der Waals surface area contributed by atoms with Crippen LogP contribution in [0.2, 0.25) is 0 Å². The molecule has 2 aromatic carbocycles. The number of halogens is 3. The van der Waals surface area contributed by atoms with Gasteiger partial charge in [0.25, 0.3) is 0 Å². The number of anilines is 3. The second kappa shape index (κ2) is 8.16. The van der Waals surface area contributed by atoms with Crippen LogP contribution in [-0.4, -0.2) is 17.1 Å². The van der Waals surface area contributed by atoms with Crippen LogP contribution in [0.3, 0.4) is 0 Å². The van der Waals surface area contributed by atoms with Crippen molar-refractivity contribution in [1.29, 1.82) is 0 Å². The van der Waals surface area contributed by atoms with Crippen molar-refractivity contribution in [3.05, 3.63) is 71.4 Å². The van der Waals surface area contributed by atoms with Gasteiger partial charge in [0, 0.05) is 18.3 Å². The zero-order valence-electron chi connectivity index (χ0n) is 15.3. The smallest absolute Gasteiger partial charge is 0.418 e. The maximum Gasteiger partial charge on any atom is 0.418 e. The molecule has 0 bridgehead atoms. The number of methoxy groups -OCH3 is 1. The molecule has 0 aliphatic heterocycles. The summed E-state index contributed by atoms with van der Waals surface area (Å²) in [6.45, 7) is 2.22. The van der Waals surface area contributed by atoms with Gasteiger partial charge < -0.3 is 15.4 Å². The Morgan fingerprint density at radius 3 is 2.39 bits per heavy atom. The SMILES string of the molecule is COc1ccc(CNc2nc(C)cc(Nc3ccccc3C(F)(F)F)n2)cc1. The Hall–Kier alpha value is -3.29. The minimum Gasteiger partial charge on any atom is -0.497 e. The van der Waals surface area contributed by atoms with Gasteiger partial charge in [0.15, 0.2) is 0 Å². The molecule has 0 unspecified atom stereocenters. The van der Waals surface area contributed by atoms with Gasteiger partial charge in [-0.3, -0.25) is 0 Å². The van der Waals surface area contributed by atoms with E-state index in [4.69, 9.17) is 4.74 Å². The van der Waals surface area contributed by atoms with Crippen molar-refractivity contribution in [2.45, 2.75) is 19.6 Å². The first kappa shape index (κ1) is 19.5. The Balaban J connectivity index is 1.76. The van der Waals surface area contributed by atoms with Crippen LogP contribution in [0, 0.1) is 6.92 Å². The van der Waals surface area contributed by atoms with Crippen LogP contribution in [0.4, 0.5) is 30.6 Å². The molecule has 28 heavy (non-hydrogen) atoms. The van der Waals surface area contributed by atoms with Gasteiger partial charge in [0.1, 0.15) is 11.6 Å². The summed E-state index contributed by atoms with van der Waals surface area (Å²) < 4.78 is 44.7. The molecule has 0 amide bonds. The molecule has 0 saturated heterocycles. The second-order valence-electron chi connectivity index (χ2n) is 6.09. The van der Waals surface area contributed by atoms with Crippen LogP contribution < -0.4 is 15.4 Å². The summed E-state index contributed by atoms with van der Waals surface area (Å²) in [6, 6.07) is 14.4. The Morgan fingerprint density at radius 2 is 1.71 bits per heavy atom. The molecule has 0 atom stereocenters. The number of ether oxygens (including phenoxy) is 1. The lowest BCUT2D eigenvalue weighted by molar-refractivity contribution is -0.136. The predicted octanol–water partition coefficient (Wildman–Crippen LogP) is 5.17. The third-order valence-corrected chi connectivity index (χ3v) is 3.96. The van der Waals surface area contributed by atoms with Crippen LogP contribution in [-0.2, 0) is 12.7 Å². The number of rotatable bonds is 6. The lowest BCUT2D eigenvalue weighted by Crippen LogP contribution is -2.10. The third-order valence-electron chi connectivity index (χ3n) is 3.96. The monoisotopic (exact) mass is 388 g/mol. The van der Waals surface area contributed by atoms with Crippen molar-refractivity contribution >= 4 is 17.5 Å². The van der Waals surface area contributed by atoms with Crippen LogP contribution in [0.1, 0.15) is 16.8 Å². The summed E-state index contributed by atoms with van der Waals surface area (Å²) in [5.41, 5.74) is 0.801. The van der Waals surface area contributed by atoms with Gasteiger partial charge >= 0.3 is 6.18 Å². The van der Waals surface area contributed by atoms with E-state index in [0.717, 1.165) is 17.4 Å². The molecule has 0 aliphatic carbocycles. The molecule has 2 N–H and O–H groups in total. The Morgan fingerprint density at radius 1 is 1.00 bits per heavy atom. The van der Waals surface area contributed by atoms with E-state index in [1.165, 1.54) is 18.2 Å². The van der Waals surface area contributed by atoms with Gasteiger partial charge in [-0.1, -0.05) is 24.3 Å². The van der Waals surface area contributed by atoms with Crippen LogP contribution in [0.15, 0.2) is 54.6 Å². The Bertz CT molecular complexity index is 943. The average Bonchev–Trinajstić information content (AvgIpc) is 2.66. The van der Waals surface area contributed by atoms with E-state index < -0.39 is 11.7 Å². The molecule has 0 fully saturated rings. The van der Waals surface area contributed by atoms with Crippen molar-refractivity contribution in [2.75, 3.05) is 17.7 Å². The van der Waals surface area contributed by atoms with E-state index in [-0.39, 0.29) is 11.5 Å². The van der Waals surface area contributed by atoms with Crippen molar-refractivity contribution in [2.24, 2.45) is 0 Å². The fourth-order valence-corrected chi connectivity index (χ4v) is 2.61. The lowest BCUT2D eigenvalue weighted by atomic mass is 10.1. The molecule has 0 saturated carbocycles. The summed E-state index contributed by atoms with van der Waals surface area (Å²) in [5, 5.41) is 5.83. The van der Waals surface area contributed by atoms with E-state index >= 15 is 0 Å². The van der Waals surface area contributed by atoms with E-state index in [2.05, 4.69) is 20.6 Å². The van der Waals surface area contributed by atoms with Gasteiger partial charge in [0.05, 0.1) is 18.4 Å². The molecular weight excluding hydrogens is 369 g/mol. The number of nitrogens with zero attached hydrogens (tertiary/aromatic N) is 2. The van der Waals surface area contributed by atoms with Gasteiger partial charge in [0.2, 0.25) is 5.95 Å². The summed E-state index contributed by atoms with van der Waals surface area (Å²) >= 11 is 0. The number of alkyl halides is 3. The van der Waals surface area contributed by atoms with E-state index in [1.54, 1.807) is 20.1 Å². The summed E-state index contributed by atoms with van der Waals surface area (Å²) in [7, 11) is 1.60. The van der Waals surface area contributed by atoms with Gasteiger partial charge in [-0.25, -0.2) is 4.98 Å². The minimum absolute atomic E-state index is 0.0609. The molecule has 3 aromatic rings. The highest BCUT2D eigenvalue weighted by atomic mass is 19.4. The first-order valence-electron chi connectivity index (χ1n) is 8.51. The highest BCUT2D eigenvalue weighted by Gasteiger charge is 2.33. The number of aromatic nitrogens is 2. The number of benzene rings is 2. The quantitative estimate of drug-likeness (QED) is 0.610. The molecule has 0 aliphatic rings. The number of para-hydroxylation sites is 1. The fourth-order valence-electron chi connectivity index (χ4n) is 2.61. The topological polar surface area (TPSA) is 59.1 Å². The zero-order valence-corrected chi connectivity index (χ0v) is 15.3. The molecule has 8 heteroatoms. The fraction of sp³-hybridized carbons (Fsp3) is 0.200. The van der Waals surface area contributed by atoms with Crippen LogP contribution >= 0.6 is 0 Å². The van der Waals surface area contributed by atoms with Gasteiger partial charge in [-0.2, -0.15) is 18.2 Å². The van der Waals surface area contributed by atoms with Gasteiger partial charge in [-0.15, -0.1) is 0 Å². The van der Waals surface area contributed by atoms with E-state index in [1.807, 2.05) is 24.3 Å². The van der Waals surface area contributed by atoms with Crippen molar-refractivity contribution < 1.29 is 17.9 Å². The molecule has 3 rings (SSSR count). The van der Waals surface area contributed by atoms with E-state index in [0.29, 0.717) is 18.2 Å². The first-order valence-corrected chi connectivity index (χ1v) is 8.51. The van der Waals surface area contributed by atoms with E-state index in [9.17, 15) is 13.2 Å². The molecule has 0 radical (unpaired) electrons. The molecule has 0 spiro atoms. The third kappa shape index (κ3) is 4.91. The van der Waals surface area contributed by atoms with Crippen molar-refractivity contribution in [1.82, 2.24) is 9.97 Å². The highest BCUT2D eigenvalue weighted by Crippen LogP contribution is 2.35. The highest BCUT2D eigenvalue weighted by molar-refractivity contribution is 5.62. The average molecular weight is 388 g/mol. The second-order valence-corrected chi connectivity index (χ2v) is 6.09. The Labute approximate surface area is 160 Å². The zero-order chi connectivity index (χ0) is 20.1. The normalized spacial score (nSPS) is 11.2. The van der Waals surface area contributed by atoms with Crippen molar-refractivity contribution in [3.8, 4) is 5.75 Å². The number of nitrogens with one attached hydrogen (secondary N) is 2. The molecule has 5 nitrogen and oxygen atoms in total. The summed E-state index contributed by atoms with van der Waals surface area (Å²) in [4.78, 5) is 8.56. The molecular formula is C20H19F3N4O. The predicted molar refractivity (Wildman–Crippen MR) is 102 cm³/mol. The minimum atomic E-state index is -4.46. The summed E-state index contributed by atoms with van der Waals surface area (Å²) in [6.07, 6.45) is -4.46. The number of aryl methyl sites for hydroxylation is 1. The van der Waals surface area contributed by atoms with Crippen LogP contribution in [0.25, 0.3) is 0 Å². The molecule has 1 aromatic heterocycles. The molecule has 1 heterocycles. The standard InChI is InChI=1S/C20H19F3N4O/c1-13-11-18(26-17-6-4-3-5-16(17)20(21,22)23)27-19(25-13)24-12-14-7-9-15(28-2)10-8-14/h3-11H,12H2,1-2H3,(H2,24,25,26,27). The number of hydrogen-bond acceptors (Lipinski definition) is 5. The van der Waals surface area contributed by atoms with Gasteiger partial charge in [-0.05, 0) is 36.8 Å². The molecule has 146 valence electrons. The largest absolute Gasteiger partial charge is 0.497 e. The Kier molecular flexibility index (Phi) is 5.67. The summed E-state index contributed by atoms with van der Waals surface area (Å²) in [5.74, 6) is 1.36. The maximum atomic E-state index is 13.2. The number of hydrogen-bond donors (Lipinski definition) is 2. The lowest BCUT2D eigenvalue weighted by Gasteiger charge is -2.15. The van der Waals surface area contributed by atoms with Crippen LogP contribution in [0.5, 0.6) is 5.75 Å². The maximum absolute atomic E-state index is 13.2. The van der Waals surface area contributed by atoms with Crippen molar-refractivity contribution in [3.63, 3.8) is 0 Å².